The number of carbonyl (C=O) groups excluding carboxylic acids is 1. The van der Waals surface area contributed by atoms with E-state index in [-0.39, 0.29) is 5.91 Å². The van der Waals surface area contributed by atoms with E-state index in [1.54, 1.807) is 13.1 Å². The van der Waals surface area contributed by atoms with E-state index in [0.717, 1.165) is 29.3 Å². The number of hydrogen-bond donors (Lipinski definition) is 0. The van der Waals surface area contributed by atoms with Crippen molar-refractivity contribution in [2.45, 2.75) is 58.2 Å². The minimum Gasteiger partial charge on any atom is -0.332 e. The molecular weight excluding hydrogens is 322 g/mol. The summed E-state index contributed by atoms with van der Waals surface area (Å²) < 4.78 is 2.10. The molecule has 3 rings (SSSR count). The third-order valence-corrected chi connectivity index (χ3v) is 5.01. The zero-order valence-electron chi connectivity index (χ0n) is 14.1. The number of hydrogen-bond acceptors (Lipinski definition) is 2. The Morgan fingerprint density at radius 2 is 2.12 bits per heavy atom. The Hall–Kier alpha value is -1.81. The molecule has 1 aromatic heterocycles. The maximum Gasteiger partial charge on any atom is 0.220 e. The molecule has 1 heterocycles. The third-order valence-electron chi connectivity index (χ3n) is 4.78. The smallest absolute Gasteiger partial charge is 0.220 e. The van der Waals surface area contributed by atoms with Gasteiger partial charge < -0.3 is 9.47 Å². The Labute approximate surface area is 148 Å². The van der Waals surface area contributed by atoms with Crippen LogP contribution < -0.4 is 0 Å². The van der Waals surface area contributed by atoms with Crippen LogP contribution in [0.4, 0.5) is 0 Å². The highest BCUT2D eigenvalue weighted by molar-refractivity contribution is 6.30. The largest absolute Gasteiger partial charge is 0.332 e. The van der Waals surface area contributed by atoms with Crippen molar-refractivity contribution in [1.82, 2.24) is 14.5 Å². The number of halogens is 1. The molecule has 5 heteroatoms. The molecule has 4 nitrogen and oxygen atoms in total. The van der Waals surface area contributed by atoms with Crippen molar-refractivity contribution >= 4 is 17.5 Å². The highest BCUT2D eigenvalue weighted by atomic mass is 35.5. The molecule has 1 fully saturated rings. The summed E-state index contributed by atoms with van der Waals surface area (Å²) in [5, 5.41) is 0.738. The van der Waals surface area contributed by atoms with Crippen LogP contribution in [0.15, 0.2) is 36.7 Å². The summed E-state index contributed by atoms with van der Waals surface area (Å²) in [6.45, 7) is 2.96. The van der Waals surface area contributed by atoms with Crippen LogP contribution in [0.25, 0.3) is 0 Å². The van der Waals surface area contributed by atoms with Crippen LogP contribution in [-0.4, -0.2) is 26.4 Å². The summed E-state index contributed by atoms with van der Waals surface area (Å²) in [6, 6.07) is 8.21. The predicted molar refractivity (Wildman–Crippen MR) is 95.9 cm³/mol. The molecule has 0 radical (unpaired) electrons. The summed E-state index contributed by atoms with van der Waals surface area (Å²) in [6.07, 6.45) is 9.69. The van der Waals surface area contributed by atoms with Gasteiger partial charge in [0.1, 0.15) is 5.82 Å². The zero-order chi connectivity index (χ0) is 16.9. The molecule has 1 aliphatic carbocycles. The van der Waals surface area contributed by atoms with Gasteiger partial charge in [-0.05, 0) is 30.5 Å². The number of rotatable bonds is 5. The Morgan fingerprint density at radius 1 is 1.33 bits per heavy atom. The fraction of sp³-hybridized carbons (Fsp3) is 0.474. The van der Waals surface area contributed by atoms with E-state index in [1.165, 1.54) is 19.3 Å². The van der Waals surface area contributed by atoms with Gasteiger partial charge in [0.25, 0.3) is 0 Å². The van der Waals surface area contributed by atoms with E-state index in [2.05, 4.69) is 15.6 Å². The minimum atomic E-state index is 0.138. The second-order valence-electron chi connectivity index (χ2n) is 6.54. The van der Waals surface area contributed by atoms with Crippen molar-refractivity contribution in [2.24, 2.45) is 0 Å². The van der Waals surface area contributed by atoms with E-state index in [9.17, 15) is 4.79 Å². The minimum absolute atomic E-state index is 0.138. The molecule has 2 aromatic rings. The van der Waals surface area contributed by atoms with E-state index in [0.29, 0.717) is 19.1 Å². The first-order valence-electron chi connectivity index (χ1n) is 8.65. The Balaban J connectivity index is 1.74. The van der Waals surface area contributed by atoms with Gasteiger partial charge in [0, 0.05) is 36.9 Å². The molecule has 1 aromatic carbocycles. The van der Waals surface area contributed by atoms with Gasteiger partial charge in [-0.15, -0.1) is 0 Å². The van der Waals surface area contributed by atoms with Crippen LogP contribution in [0, 0.1) is 0 Å². The van der Waals surface area contributed by atoms with Gasteiger partial charge in [-0.2, -0.15) is 0 Å². The topological polar surface area (TPSA) is 38.1 Å². The predicted octanol–water partition coefficient (Wildman–Crippen LogP) is 4.27. The zero-order valence-corrected chi connectivity index (χ0v) is 14.9. The number of amides is 1. The monoisotopic (exact) mass is 345 g/mol. The average Bonchev–Trinajstić information content (AvgIpc) is 3.00. The van der Waals surface area contributed by atoms with Crippen LogP contribution in [0.5, 0.6) is 0 Å². The highest BCUT2D eigenvalue weighted by Gasteiger charge is 2.24. The standard InChI is InChI=1S/C19H24ClN3O/c1-15(24)23(18-8-3-2-4-9-18)14-19-21-10-11-22(19)13-16-6-5-7-17(20)12-16/h5-7,10-12,18H,2-4,8-9,13-14H2,1H3. The van der Waals surface area contributed by atoms with Crippen molar-refractivity contribution in [1.29, 1.82) is 0 Å². The molecule has 0 unspecified atom stereocenters. The van der Waals surface area contributed by atoms with Gasteiger partial charge in [-0.3, -0.25) is 4.79 Å². The van der Waals surface area contributed by atoms with E-state index in [1.807, 2.05) is 29.3 Å². The van der Waals surface area contributed by atoms with Gasteiger partial charge in [-0.25, -0.2) is 4.98 Å². The molecule has 24 heavy (non-hydrogen) atoms. The summed E-state index contributed by atoms with van der Waals surface area (Å²) in [7, 11) is 0. The van der Waals surface area contributed by atoms with Gasteiger partial charge in [0.15, 0.2) is 0 Å². The number of carbonyl (C=O) groups is 1. The Bertz CT molecular complexity index is 691. The molecule has 0 atom stereocenters. The lowest BCUT2D eigenvalue weighted by molar-refractivity contribution is -0.132. The molecule has 0 saturated heterocycles. The first-order valence-corrected chi connectivity index (χ1v) is 9.03. The van der Waals surface area contributed by atoms with Crippen molar-refractivity contribution in [2.75, 3.05) is 0 Å². The van der Waals surface area contributed by atoms with Crippen molar-refractivity contribution in [3.8, 4) is 0 Å². The van der Waals surface area contributed by atoms with E-state index < -0.39 is 0 Å². The molecular formula is C19H24ClN3O. The van der Waals surface area contributed by atoms with Crippen LogP contribution in [0.3, 0.4) is 0 Å². The number of nitrogens with zero attached hydrogens (tertiary/aromatic N) is 3. The van der Waals surface area contributed by atoms with E-state index >= 15 is 0 Å². The lowest BCUT2D eigenvalue weighted by Crippen LogP contribution is -2.40. The van der Waals surface area contributed by atoms with Gasteiger partial charge in [-0.1, -0.05) is 43.0 Å². The molecule has 1 saturated carbocycles. The normalized spacial score (nSPS) is 15.4. The number of benzene rings is 1. The summed E-state index contributed by atoms with van der Waals surface area (Å²) >= 11 is 6.07. The number of aromatic nitrogens is 2. The lowest BCUT2D eigenvalue weighted by atomic mass is 9.94. The Kier molecular flexibility index (Phi) is 5.56. The molecule has 1 aliphatic rings. The first kappa shape index (κ1) is 17.0. The third kappa shape index (κ3) is 4.18. The quantitative estimate of drug-likeness (QED) is 0.811. The number of imidazole rings is 1. The van der Waals surface area contributed by atoms with Gasteiger partial charge >= 0.3 is 0 Å². The summed E-state index contributed by atoms with van der Waals surface area (Å²) in [5.74, 6) is 1.06. The average molecular weight is 346 g/mol. The Morgan fingerprint density at radius 3 is 2.83 bits per heavy atom. The fourth-order valence-corrected chi connectivity index (χ4v) is 3.72. The molecule has 0 aliphatic heterocycles. The molecule has 0 bridgehead atoms. The SMILES string of the molecule is CC(=O)N(Cc1nccn1Cc1cccc(Cl)c1)C1CCCCC1. The molecule has 0 N–H and O–H groups in total. The van der Waals surface area contributed by atoms with E-state index in [4.69, 9.17) is 11.6 Å². The lowest BCUT2D eigenvalue weighted by Gasteiger charge is -2.33. The van der Waals surface area contributed by atoms with Crippen LogP contribution in [-0.2, 0) is 17.9 Å². The fourth-order valence-electron chi connectivity index (χ4n) is 3.51. The molecule has 1 amide bonds. The second-order valence-corrected chi connectivity index (χ2v) is 6.98. The van der Waals surface area contributed by atoms with Crippen molar-refractivity contribution in [3.63, 3.8) is 0 Å². The first-order chi connectivity index (χ1) is 11.6. The van der Waals surface area contributed by atoms with Crippen molar-refractivity contribution in [3.05, 3.63) is 53.1 Å². The van der Waals surface area contributed by atoms with Gasteiger partial charge in [0.05, 0.1) is 6.54 Å². The second kappa shape index (κ2) is 7.84. The van der Waals surface area contributed by atoms with Crippen LogP contribution in [0.1, 0.15) is 50.4 Å². The van der Waals surface area contributed by atoms with Gasteiger partial charge in [0.2, 0.25) is 5.91 Å². The molecule has 128 valence electrons. The highest BCUT2D eigenvalue weighted by Crippen LogP contribution is 2.24. The summed E-state index contributed by atoms with van der Waals surface area (Å²) in [5.41, 5.74) is 1.13. The van der Waals surface area contributed by atoms with Crippen LogP contribution >= 0.6 is 11.6 Å². The van der Waals surface area contributed by atoms with Crippen LogP contribution in [0.2, 0.25) is 5.02 Å². The van der Waals surface area contributed by atoms with Crippen molar-refractivity contribution < 1.29 is 4.79 Å². The maximum absolute atomic E-state index is 12.2. The summed E-state index contributed by atoms with van der Waals surface area (Å²) in [4.78, 5) is 18.6. The molecule has 0 spiro atoms. The maximum atomic E-state index is 12.2.